The van der Waals surface area contributed by atoms with Gasteiger partial charge in [-0.05, 0) is 25.7 Å². The van der Waals surface area contributed by atoms with Crippen LogP contribution in [0.25, 0.3) is 10.9 Å². The number of nitrogens with zero attached hydrogens (tertiary/aromatic N) is 2. The third-order valence-corrected chi connectivity index (χ3v) is 2.92. The molecule has 0 aliphatic carbocycles. The number of carboxylic acid groups (broad SMARTS) is 2. The van der Waals surface area contributed by atoms with Crippen molar-refractivity contribution in [2.75, 3.05) is 14.1 Å². The van der Waals surface area contributed by atoms with Gasteiger partial charge in [0.1, 0.15) is 0 Å². The van der Waals surface area contributed by atoms with E-state index in [9.17, 15) is 4.79 Å². The summed E-state index contributed by atoms with van der Waals surface area (Å²) in [6.45, 7) is 2.46. The van der Waals surface area contributed by atoms with Gasteiger partial charge < -0.3 is 19.7 Å². The van der Waals surface area contributed by atoms with Crippen LogP contribution in [-0.4, -0.2) is 45.7 Å². The van der Waals surface area contributed by atoms with E-state index in [2.05, 4.69) is 17.2 Å². The molecule has 2 rings (SSSR count). The molecule has 0 atom stereocenters. The van der Waals surface area contributed by atoms with E-state index in [1.165, 1.54) is 10.9 Å². The van der Waals surface area contributed by atoms with Gasteiger partial charge in [0.25, 0.3) is 5.97 Å². The Morgan fingerprint density at radius 1 is 1.18 bits per heavy atom. The van der Waals surface area contributed by atoms with Crippen LogP contribution in [0.3, 0.4) is 0 Å². The second kappa shape index (κ2) is 8.19. The fourth-order valence-electron chi connectivity index (χ4n) is 2.19. The van der Waals surface area contributed by atoms with Crippen LogP contribution in [0.5, 0.6) is 0 Å². The van der Waals surface area contributed by atoms with E-state index < -0.39 is 11.9 Å². The Bertz CT molecular complexity index is 643. The first-order valence-electron chi connectivity index (χ1n) is 6.94. The lowest BCUT2D eigenvalue weighted by Gasteiger charge is -2.07. The highest BCUT2D eigenvalue weighted by molar-refractivity contribution is 5.84. The number of aliphatic carboxylic acids is 2. The first kappa shape index (κ1) is 17.7. The van der Waals surface area contributed by atoms with Gasteiger partial charge in [0.2, 0.25) is 0 Å². The van der Waals surface area contributed by atoms with E-state index in [4.69, 9.17) is 15.0 Å². The highest BCUT2D eigenvalue weighted by atomic mass is 16.4. The number of benzene rings is 1. The zero-order valence-electron chi connectivity index (χ0n) is 13.1. The third kappa shape index (κ3) is 5.57. The van der Waals surface area contributed by atoms with Crippen LogP contribution in [0.15, 0.2) is 30.5 Å². The molecular formula is C16H22N2O4. The van der Waals surface area contributed by atoms with E-state index in [1.807, 2.05) is 36.9 Å². The van der Waals surface area contributed by atoms with Gasteiger partial charge in [0.05, 0.1) is 6.42 Å². The minimum atomic E-state index is -0.833. The average Bonchev–Trinajstić information content (AvgIpc) is 2.74. The van der Waals surface area contributed by atoms with Crippen molar-refractivity contribution in [3.05, 3.63) is 36.0 Å². The van der Waals surface area contributed by atoms with Gasteiger partial charge in [0, 0.05) is 37.1 Å². The number of fused-ring (bicyclic) bond motifs is 1. The summed E-state index contributed by atoms with van der Waals surface area (Å²) in [5.41, 5.74) is 2.34. The Balaban J connectivity index is 0.000000541. The zero-order valence-corrected chi connectivity index (χ0v) is 13.1. The number of carboxylic acids is 2. The van der Waals surface area contributed by atoms with Gasteiger partial charge in [0.15, 0.2) is 0 Å². The molecule has 1 aromatic heterocycles. The van der Waals surface area contributed by atoms with E-state index in [-0.39, 0.29) is 6.42 Å². The number of para-hydroxylation sites is 1. The van der Waals surface area contributed by atoms with Gasteiger partial charge in [-0.25, -0.2) is 0 Å². The summed E-state index contributed by atoms with van der Waals surface area (Å²) in [5.74, 6) is -1.60. The molecule has 2 N–H and O–H groups in total. The topological polar surface area (TPSA) is 82.8 Å². The van der Waals surface area contributed by atoms with Crippen LogP contribution in [0, 0.1) is 0 Å². The van der Waals surface area contributed by atoms with Crippen LogP contribution in [0.2, 0.25) is 0 Å². The van der Waals surface area contributed by atoms with Crippen molar-refractivity contribution < 1.29 is 19.8 Å². The third-order valence-electron chi connectivity index (χ3n) is 2.92. The Morgan fingerprint density at radius 3 is 2.32 bits per heavy atom. The molecule has 0 fully saturated rings. The summed E-state index contributed by atoms with van der Waals surface area (Å²) < 4.78 is 2.03. The summed E-state index contributed by atoms with van der Waals surface area (Å²) in [5, 5.41) is 17.4. The summed E-state index contributed by atoms with van der Waals surface area (Å²) >= 11 is 0. The van der Waals surface area contributed by atoms with Crippen LogP contribution in [-0.2, 0) is 22.7 Å². The minimum Gasteiger partial charge on any atom is -0.481 e. The summed E-state index contributed by atoms with van der Waals surface area (Å²) in [7, 11) is 4.06. The van der Waals surface area contributed by atoms with Crippen molar-refractivity contribution in [1.29, 1.82) is 0 Å². The molecule has 0 spiro atoms. The molecule has 0 aliphatic heterocycles. The molecule has 0 aliphatic rings. The zero-order chi connectivity index (χ0) is 16.7. The Kier molecular flexibility index (Phi) is 6.59. The van der Waals surface area contributed by atoms with E-state index in [0.717, 1.165) is 19.0 Å². The van der Waals surface area contributed by atoms with E-state index in [0.29, 0.717) is 6.54 Å². The lowest BCUT2D eigenvalue weighted by atomic mass is 10.2. The van der Waals surface area contributed by atoms with E-state index in [1.54, 1.807) is 0 Å². The molecule has 6 nitrogen and oxygen atoms in total. The summed E-state index contributed by atoms with van der Waals surface area (Å²) in [4.78, 5) is 21.8. The molecular weight excluding hydrogens is 284 g/mol. The van der Waals surface area contributed by atoms with Gasteiger partial charge in [-0.15, -0.1) is 0 Å². The molecule has 0 bridgehead atoms. The average molecular weight is 306 g/mol. The quantitative estimate of drug-likeness (QED) is 0.885. The Morgan fingerprint density at radius 2 is 1.77 bits per heavy atom. The van der Waals surface area contributed by atoms with Crippen molar-refractivity contribution in [2.45, 2.75) is 26.4 Å². The van der Waals surface area contributed by atoms with Crippen molar-refractivity contribution >= 4 is 22.8 Å². The maximum absolute atomic E-state index is 10.7. The first-order valence-corrected chi connectivity index (χ1v) is 6.94. The number of rotatable bonds is 5. The van der Waals surface area contributed by atoms with Gasteiger partial charge >= 0.3 is 5.97 Å². The molecule has 2 aromatic rings. The number of hydrogen-bond acceptors (Lipinski definition) is 3. The maximum atomic E-state index is 10.7. The number of hydrogen-bond donors (Lipinski definition) is 2. The standard InChI is InChI=1S/C14H18N2O2.C2H4O2/c1-15(2)9-11-10-16(8-7-14(17)18)13-6-4-3-5-12(11)13;1-2(3)4/h3-6,10H,7-9H2,1-2H3,(H,17,18);1H3,(H,3,4). The highest BCUT2D eigenvalue weighted by Crippen LogP contribution is 2.22. The van der Waals surface area contributed by atoms with Crippen molar-refractivity contribution in [3.63, 3.8) is 0 Å². The number of carbonyl (C=O) groups is 2. The number of aromatic nitrogens is 1. The monoisotopic (exact) mass is 306 g/mol. The molecule has 0 unspecified atom stereocenters. The summed E-state index contributed by atoms with van der Waals surface area (Å²) in [6, 6.07) is 8.13. The maximum Gasteiger partial charge on any atom is 0.305 e. The molecule has 1 aromatic carbocycles. The van der Waals surface area contributed by atoms with Crippen molar-refractivity contribution in [2.24, 2.45) is 0 Å². The van der Waals surface area contributed by atoms with Gasteiger partial charge in [-0.2, -0.15) is 0 Å². The second-order valence-corrected chi connectivity index (χ2v) is 5.27. The molecule has 0 amide bonds. The van der Waals surface area contributed by atoms with Crippen LogP contribution >= 0.6 is 0 Å². The normalized spacial score (nSPS) is 10.4. The Hall–Kier alpha value is -2.34. The molecule has 0 saturated carbocycles. The molecule has 120 valence electrons. The fourth-order valence-corrected chi connectivity index (χ4v) is 2.19. The molecule has 0 saturated heterocycles. The largest absolute Gasteiger partial charge is 0.481 e. The molecule has 1 heterocycles. The predicted octanol–water partition coefficient (Wildman–Crippen LogP) is 2.27. The minimum absolute atomic E-state index is 0.153. The SMILES string of the molecule is CC(=O)O.CN(C)Cc1cn(CCC(=O)O)c2ccccc12. The summed E-state index contributed by atoms with van der Waals surface area (Å²) in [6.07, 6.45) is 2.22. The number of aryl methyl sites for hydroxylation is 1. The van der Waals surface area contributed by atoms with Gasteiger partial charge in [-0.3, -0.25) is 9.59 Å². The van der Waals surface area contributed by atoms with Crippen LogP contribution in [0.1, 0.15) is 18.9 Å². The predicted molar refractivity (Wildman–Crippen MR) is 84.9 cm³/mol. The van der Waals surface area contributed by atoms with Crippen molar-refractivity contribution in [1.82, 2.24) is 9.47 Å². The fraction of sp³-hybridized carbons (Fsp3) is 0.375. The smallest absolute Gasteiger partial charge is 0.305 e. The van der Waals surface area contributed by atoms with Gasteiger partial charge in [-0.1, -0.05) is 18.2 Å². The molecule has 6 heteroatoms. The molecule has 22 heavy (non-hydrogen) atoms. The Labute approximate surface area is 129 Å². The van der Waals surface area contributed by atoms with Crippen LogP contribution in [0.4, 0.5) is 0 Å². The molecule has 0 radical (unpaired) electrons. The highest BCUT2D eigenvalue weighted by Gasteiger charge is 2.09. The lowest BCUT2D eigenvalue weighted by Crippen LogP contribution is -2.10. The van der Waals surface area contributed by atoms with E-state index >= 15 is 0 Å². The first-order chi connectivity index (χ1) is 10.3. The lowest BCUT2D eigenvalue weighted by molar-refractivity contribution is -0.137. The second-order valence-electron chi connectivity index (χ2n) is 5.27. The van der Waals surface area contributed by atoms with Crippen LogP contribution < -0.4 is 0 Å². The van der Waals surface area contributed by atoms with Crippen molar-refractivity contribution in [3.8, 4) is 0 Å².